The second kappa shape index (κ2) is 15.6. The van der Waals surface area contributed by atoms with Gasteiger partial charge in [0.2, 0.25) is 0 Å². The zero-order valence-electron chi connectivity index (χ0n) is 21.0. The van der Waals surface area contributed by atoms with Crippen molar-refractivity contribution in [2.45, 2.75) is 0 Å². The molecular weight excluding hydrogens is 585 g/mol. The Bertz CT molecular complexity index is 1450. The van der Waals surface area contributed by atoms with Crippen molar-refractivity contribution < 1.29 is 29.1 Å². The zero-order valence-corrected chi connectivity index (χ0v) is 23.2. The Morgan fingerprint density at radius 1 is 0.700 bits per heavy atom. The van der Waals surface area contributed by atoms with Gasteiger partial charge < -0.3 is 31.0 Å². The Morgan fingerprint density at radius 3 is 1.57 bits per heavy atom. The highest BCUT2D eigenvalue weighted by molar-refractivity contribution is 6.58. The molecule has 0 fully saturated rings. The van der Waals surface area contributed by atoms with E-state index in [1.165, 1.54) is 14.2 Å². The summed E-state index contributed by atoms with van der Waals surface area (Å²) in [5, 5.41) is 17.1. The van der Waals surface area contributed by atoms with Crippen LogP contribution in [0.5, 0.6) is 0 Å². The summed E-state index contributed by atoms with van der Waals surface area (Å²) in [6, 6.07) is 17.9. The number of carbonyl (C=O) groups is 2. The first-order valence-electron chi connectivity index (χ1n) is 10.9. The van der Waals surface area contributed by atoms with Crippen molar-refractivity contribution in [2.75, 3.05) is 25.7 Å². The number of benzene rings is 2. The number of methoxy groups -OCH3 is 2. The van der Waals surface area contributed by atoms with Crippen molar-refractivity contribution in [1.82, 2.24) is 19.9 Å². The summed E-state index contributed by atoms with van der Waals surface area (Å²) in [4.78, 5) is 37.6. The number of hydrogen-bond acceptors (Lipinski definition) is 12. The van der Waals surface area contributed by atoms with Gasteiger partial charge in [-0.1, -0.05) is 95.5 Å². The molecular formula is C24H22BCl3N6O6. The molecule has 0 saturated heterocycles. The van der Waals surface area contributed by atoms with E-state index < -0.39 is 19.1 Å². The lowest BCUT2D eigenvalue weighted by molar-refractivity contribution is 0.0586. The number of esters is 2. The number of nitrogen functional groups attached to an aromatic ring is 2. The van der Waals surface area contributed by atoms with Crippen molar-refractivity contribution in [3.8, 4) is 11.3 Å². The third-order valence-corrected chi connectivity index (χ3v) is 5.51. The van der Waals surface area contributed by atoms with Crippen molar-refractivity contribution >= 4 is 71.0 Å². The molecule has 0 saturated carbocycles. The highest BCUT2D eigenvalue weighted by Gasteiger charge is 2.18. The first-order valence-corrected chi connectivity index (χ1v) is 12.1. The molecule has 16 heteroatoms. The van der Waals surface area contributed by atoms with Crippen LogP contribution >= 0.6 is 34.8 Å². The Labute approximate surface area is 244 Å². The van der Waals surface area contributed by atoms with Crippen molar-refractivity contribution in [3.63, 3.8) is 0 Å². The fraction of sp³-hybridized carbons (Fsp3) is 0.0833. The number of rotatable bonds is 4. The third kappa shape index (κ3) is 9.04. The fourth-order valence-electron chi connectivity index (χ4n) is 2.73. The largest absolute Gasteiger partial charge is 0.488 e. The number of hydrogen-bond donors (Lipinski definition) is 4. The summed E-state index contributed by atoms with van der Waals surface area (Å²) < 4.78 is 8.93. The molecule has 0 bridgehead atoms. The summed E-state index contributed by atoms with van der Waals surface area (Å²) in [5.41, 5.74) is 12.5. The third-order valence-electron chi connectivity index (χ3n) is 4.62. The van der Waals surface area contributed by atoms with Gasteiger partial charge in [-0.05, 0) is 5.46 Å². The highest BCUT2D eigenvalue weighted by atomic mass is 35.5. The van der Waals surface area contributed by atoms with E-state index in [4.69, 9.17) is 56.3 Å². The van der Waals surface area contributed by atoms with Gasteiger partial charge in [0.15, 0.2) is 38.5 Å². The van der Waals surface area contributed by atoms with E-state index in [9.17, 15) is 9.59 Å². The van der Waals surface area contributed by atoms with E-state index in [2.05, 4.69) is 29.4 Å². The van der Waals surface area contributed by atoms with Crippen molar-refractivity contribution in [3.05, 3.63) is 87.5 Å². The SMILES string of the molecule is COC(=O)c1nc(Cl)c(-c2ccccc2)nc1N.COC(=O)c1nc(Cl)c(Cl)nc1N.OB(O)c1ccccc1. The molecule has 0 atom stereocenters. The highest BCUT2D eigenvalue weighted by Crippen LogP contribution is 2.26. The number of ether oxygens (including phenoxy) is 2. The van der Waals surface area contributed by atoms with E-state index in [0.717, 1.165) is 5.56 Å². The van der Waals surface area contributed by atoms with Gasteiger partial charge in [-0.15, -0.1) is 0 Å². The molecule has 2 aromatic carbocycles. The number of nitrogens with two attached hydrogens (primary N) is 2. The van der Waals surface area contributed by atoms with Crippen LogP contribution in [-0.2, 0) is 9.47 Å². The maximum absolute atomic E-state index is 11.4. The molecule has 4 aromatic rings. The van der Waals surface area contributed by atoms with Crippen LogP contribution in [0.15, 0.2) is 60.7 Å². The minimum Gasteiger partial charge on any atom is -0.464 e. The fourth-order valence-corrected chi connectivity index (χ4v) is 3.23. The van der Waals surface area contributed by atoms with Crippen LogP contribution in [0.2, 0.25) is 15.5 Å². The normalized spacial score (nSPS) is 9.78. The zero-order chi connectivity index (χ0) is 29.8. The van der Waals surface area contributed by atoms with Crippen LogP contribution in [-0.4, -0.2) is 63.3 Å². The molecule has 2 heterocycles. The van der Waals surface area contributed by atoms with E-state index in [0.29, 0.717) is 11.2 Å². The second-order valence-corrected chi connectivity index (χ2v) is 8.34. The lowest BCUT2D eigenvalue weighted by Gasteiger charge is -2.07. The van der Waals surface area contributed by atoms with Crippen LogP contribution in [0.3, 0.4) is 0 Å². The molecule has 0 radical (unpaired) electrons. The quantitative estimate of drug-likeness (QED) is 0.196. The van der Waals surface area contributed by atoms with E-state index >= 15 is 0 Å². The number of nitrogens with zero attached hydrogens (tertiary/aromatic N) is 4. The summed E-state index contributed by atoms with van der Waals surface area (Å²) in [5.74, 6) is -1.49. The molecule has 0 aliphatic heterocycles. The number of aromatic nitrogens is 4. The smallest absolute Gasteiger partial charge is 0.464 e. The average Bonchev–Trinajstić information content (AvgIpc) is 2.96. The monoisotopic (exact) mass is 606 g/mol. The minimum atomic E-state index is -1.34. The van der Waals surface area contributed by atoms with Crippen LogP contribution in [0.4, 0.5) is 11.6 Å². The van der Waals surface area contributed by atoms with Crippen LogP contribution in [0.25, 0.3) is 11.3 Å². The minimum absolute atomic E-state index is 0.00916. The van der Waals surface area contributed by atoms with Crippen LogP contribution < -0.4 is 16.9 Å². The molecule has 0 aliphatic carbocycles. The molecule has 0 spiro atoms. The maximum atomic E-state index is 11.4. The van der Waals surface area contributed by atoms with E-state index in [1.807, 2.05) is 36.4 Å². The molecule has 208 valence electrons. The average molecular weight is 608 g/mol. The van der Waals surface area contributed by atoms with Gasteiger partial charge in [0.1, 0.15) is 5.69 Å². The molecule has 6 N–H and O–H groups in total. The molecule has 0 aliphatic rings. The van der Waals surface area contributed by atoms with Gasteiger partial charge in [0.25, 0.3) is 0 Å². The topological polar surface area (TPSA) is 197 Å². The Morgan fingerprint density at radius 2 is 1.12 bits per heavy atom. The first-order chi connectivity index (χ1) is 19.0. The predicted molar refractivity (Wildman–Crippen MR) is 152 cm³/mol. The van der Waals surface area contributed by atoms with Gasteiger partial charge in [-0.3, -0.25) is 0 Å². The maximum Gasteiger partial charge on any atom is 0.488 e. The van der Waals surface area contributed by atoms with Crippen molar-refractivity contribution in [2.24, 2.45) is 0 Å². The number of anilines is 2. The van der Waals surface area contributed by atoms with Gasteiger partial charge in [-0.2, -0.15) is 0 Å². The standard InChI is InChI=1S/C12H10ClN3O2.C6H7BO2.C6H5Cl2N3O2/c1-18-12(17)9-11(14)16-8(10(13)15-9)7-5-3-2-4-6-7;8-7(9)6-4-2-1-3-5-6;1-13-6(12)2-5(9)11-4(8)3(7)10-2/h2-6H,1H3,(H2,14,16);1-5,8-9H;1H3,(H2,9,11). The first kappa shape index (κ1) is 32.2. The van der Waals surface area contributed by atoms with E-state index in [1.54, 1.807) is 24.3 Å². The van der Waals surface area contributed by atoms with Gasteiger partial charge >= 0.3 is 19.1 Å². The summed E-state index contributed by atoms with van der Waals surface area (Å²) in [6.45, 7) is 0. The van der Waals surface area contributed by atoms with Gasteiger partial charge in [-0.25, -0.2) is 29.5 Å². The van der Waals surface area contributed by atoms with Crippen LogP contribution in [0, 0.1) is 0 Å². The Balaban J connectivity index is 0.000000224. The lowest BCUT2D eigenvalue weighted by atomic mass is 9.81. The van der Waals surface area contributed by atoms with Crippen LogP contribution in [0.1, 0.15) is 21.0 Å². The molecule has 12 nitrogen and oxygen atoms in total. The summed E-state index contributed by atoms with van der Waals surface area (Å²) >= 11 is 17.0. The van der Waals surface area contributed by atoms with Gasteiger partial charge in [0.05, 0.1) is 14.2 Å². The summed E-state index contributed by atoms with van der Waals surface area (Å²) in [6.07, 6.45) is 0. The Kier molecular flexibility index (Phi) is 12.5. The number of carbonyl (C=O) groups excluding carboxylic acids is 2. The van der Waals surface area contributed by atoms with Gasteiger partial charge in [0, 0.05) is 5.56 Å². The Hall–Kier alpha value is -4.01. The molecule has 2 aromatic heterocycles. The second-order valence-electron chi connectivity index (χ2n) is 7.27. The van der Waals surface area contributed by atoms with Crippen molar-refractivity contribution in [1.29, 1.82) is 0 Å². The molecule has 4 rings (SSSR count). The molecule has 0 amide bonds. The molecule has 0 unspecified atom stereocenters. The predicted octanol–water partition coefficient (Wildman–Crippen LogP) is 2.68. The molecule has 40 heavy (non-hydrogen) atoms. The number of halogens is 3. The van der Waals surface area contributed by atoms with E-state index in [-0.39, 0.29) is 38.5 Å². The summed E-state index contributed by atoms with van der Waals surface area (Å²) in [7, 11) is 1.10. The lowest BCUT2D eigenvalue weighted by Crippen LogP contribution is -2.29.